The van der Waals surface area contributed by atoms with Crippen LogP contribution in [0.3, 0.4) is 0 Å². The van der Waals surface area contributed by atoms with E-state index in [2.05, 4.69) is 31.1 Å². The molecule has 0 bridgehead atoms. The highest BCUT2D eigenvalue weighted by molar-refractivity contribution is 5.79. The highest BCUT2D eigenvalue weighted by atomic mass is 15.3. The van der Waals surface area contributed by atoms with Crippen molar-refractivity contribution in [1.29, 1.82) is 0 Å². The first-order chi connectivity index (χ1) is 5.49. The number of nitrogens with zero attached hydrogens (tertiary/aromatic N) is 2. The Balaban J connectivity index is 4.05. The minimum Gasteiger partial charge on any atom is -0.354 e. The molecule has 0 aromatic carbocycles. The number of aliphatic imine (C=N–C) groups is 1. The fourth-order valence-corrected chi connectivity index (χ4v) is 0.764. The van der Waals surface area contributed by atoms with Crippen LogP contribution in [0.1, 0.15) is 20.8 Å². The average molecular weight is 171 g/mol. The summed E-state index contributed by atoms with van der Waals surface area (Å²) in [4.78, 5) is 6.13. The van der Waals surface area contributed by atoms with Gasteiger partial charge in [-0.05, 0) is 12.8 Å². The quantitative estimate of drug-likeness (QED) is 0.499. The average Bonchev–Trinajstić information content (AvgIpc) is 1.98. The van der Waals surface area contributed by atoms with Crippen molar-refractivity contribution in [2.24, 2.45) is 10.9 Å². The van der Waals surface area contributed by atoms with Crippen LogP contribution in [0, 0.1) is 5.92 Å². The molecule has 0 heterocycles. The lowest BCUT2D eigenvalue weighted by atomic mass is 10.1. The molecule has 0 aliphatic heterocycles. The molecule has 0 aliphatic rings. The normalized spacial score (nSPS) is 14.8. The summed E-state index contributed by atoms with van der Waals surface area (Å²) in [6.45, 7) is 6.56. The summed E-state index contributed by atoms with van der Waals surface area (Å²) in [5.74, 6) is 1.57. The molecule has 0 aliphatic carbocycles. The molecule has 12 heavy (non-hydrogen) atoms. The summed E-state index contributed by atoms with van der Waals surface area (Å²) in [5.41, 5.74) is 0. The smallest absolute Gasteiger partial charge is 0.193 e. The Labute approximate surface area is 75.9 Å². The van der Waals surface area contributed by atoms with Gasteiger partial charge in [-0.15, -0.1) is 0 Å². The van der Waals surface area contributed by atoms with Crippen LogP contribution in [0.25, 0.3) is 0 Å². The summed E-state index contributed by atoms with van der Waals surface area (Å²) >= 11 is 0. The first kappa shape index (κ1) is 11.3. The van der Waals surface area contributed by atoms with Crippen molar-refractivity contribution in [3.63, 3.8) is 0 Å². The predicted octanol–water partition coefficient (Wildman–Crippen LogP) is 1.17. The van der Waals surface area contributed by atoms with Crippen molar-refractivity contribution in [3.05, 3.63) is 0 Å². The van der Waals surface area contributed by atoms with Gasteiger partial charge in [-0.3, -0.25) is 4.99 Å². The maximum absolute atomic E-state index is 4.14. The SMILES string of the molecule is CN=C(NC(C)C(C)C)N(C)C. The topological polar surface area (TPSA) is 27.6 Å². The van der Waals surface area contributed by atoms with Crippen molar-refractivity contribution in [3.8, 4) is 0 Å². The molecule has 0 radical (unpaired) electrons. The van der Waals surface area contributed by atoms with E-state index >= 15 is 0 Å². The van der Waals surface area contributed by atoms with Gasteiger partial charge in [0.1, 0.15) is 0 Å². The minimum absolute atomic E-state index is 0.464. The molecule has 1 N–H and O–H groups in total. The lowest BCUT2D eigenvalue weighted by molar-refractivity contribution is 0.458. The summed E-state index contributed by atoms with van der Waals surface area (Å²) in [5, 5.41) is 3.34. The lowest BCUT2D eigenvalue weighted by Crippen LogP contribution is -2.43. The summed E-state index contributed by atoms with van der Waals surface area (Å²) in [7, 11) is 5.78. The first-order valence-corrected chi connectivity index (χ1v) is 4.39. The van der Waals surface area contributed by atoms with Crippen LogP contribution in [0.2, 0.25) is 0 Å². The molecule has 72 valence electrons. The Hall–Kier alpha value is -0.730. The molecule has 0 fully saturated rings. The van der Waals surface area contributed by atoms with Crippen LogP contribution >= 0.6 is 0 Å². The monoisotopic (exact) mass is 171 g/mol. The lowest BCUT2D eigenvalue weighted by Gasteiger charge is -2.23. The standard InChI is InChI=1S/C9H21N3/c1-7(2)8(3)11-9(10-4)12(5)6/h7-8H,1-6H3,(H,10,11). The summed E-state index contributed by atoms with van der Waals surface area (Å²) in [6, 6.07) is 0.464. The predicted molar refractivity (Wildman–Crippen MR) is 54.5 cm³/mol. The van der Waals surface area contributed by atoms with Crippen LogP contribution in [0.4, 0.5) is 0 Å². The fourth-order valence-electron chi connectivity index (χ4n) is 0.764. The van der Waals surface area contributed by atoms with Crippen LogP contribution in [0.15, 0.2) is 4.99 Å². The van der Waals surface area contributed by atoms with E-state index in [4.69, 9.17) is 0 Å². The number of nitrogens with one attached hydrogen (secondary N) is 1. The maximum atomic E-state index is 4.14. The van der Waals surface area contributed by atoms with Crippen molar-refractivity contribution in [1.82, 2.24) is 10.2 Å². The molecule has 0 aromatic rings. The van der Waals surface area contributed by atoms with Crippen LogP contribution in [0.5, 0.6) is 0 Å². The molecule has 1 atom stereocenters. The van der Waals surface area contributed by atoms with Gasteiger partial charge in [0, 0.05) is 27.2 Å². The van der Waals surface area contributed by atoms with E-state index in [-0.39, 0.29) is 0 Å². The number of guanidine groups is 1. The highest BCUT2D eigenvalue weighted by Crippen LogP contribution is 1.99. The van der Waals surface area contributed by atoms with Crippen molar-refractivity contribution < 1.29 is 0 Å². The minimum atomic E-state index is 0.464. The molecule has 0 rings (SSSR count). The zero-order valence-corrected chi connectivity index (χ0v) is 9.05. The van der Waals surface area contributed by atoms with E-state index in [0.29, 0.717) is 12.0 Å². The van der Waals surface area contributed by atoms with Gasteiger partial charge in [0.2, 0.25) is 0 Å². The molecule has 0 spiro atoms. The molecule has 1 unspecified atom stereocenters. The second kappa shape index (κ2) is 5.01. The van der Waals surface area contributed by atoms with E-state index in [1.807, 2.05) is 19.0 Å². The molecule has 0 amide bonds. The largest absolute Gasteiger partial charge is 0.354 e. The first-order valence-electron chi connectivity index (χ1n) is 4.39. The third kappa shape index (κ3) is 3.60. The van der Waals surface area contributed by atoms with Crippen molar-refractivity contribution in [2.75, 3.05) is 21.1 Å². The fraction of sp³-hybridized carbons (Fsp3) is 0.889. The number of rotatable bonds is 2. The van der Waals surface area contributed by atoms with E-state index in [0.717, 1.165) is 5.96 Å². The van der Waals surface area contributed by atoms with Gasteiger partial charge in [-0.25, -0.2) is 0 Å². The van der Waals surface area contributed by atoms with Gasteiger partial charge >= 0.3 is 0 Å². The van der Waals surface area contributed by atoms with Gasteiger partial charge in [0.05, 0.1) is 0 Å². The van der Waals surface area contributed by atoms with E-state index < -0.39 is 0 Å². The molecule has 0 saturated carbocycles. The molecule has 3 heteroatoms. The van der Waals surface area contributed by atoms with Gasteiger partial charge in [0.15, 0.2) is 5.96 Å². The number of hydrogen-bond donors (Lipinski definition) is 1. The van der Waals surface area contributed by atoms with Crippen molar-refractivity contribution in [2.45, 2.75) is 26.8 Å². The van der Waals surface area contributed by atoms with Gasteiger partial charge in [0.25, 0.3) is 0 Å². The Morgan fingerprint density at radius 2 is 1.75 bits per heavy atom. The van der Waals surface area contributed by atoms with E-state index in [1.54, 1.807) is 7.05 Å². The number of hydrogen-bond acceptors (Lipinski definition) is 1. The third-order valence-corrected chi connectivity index (χ3v) is 1.99. The third-order valence-electron chi connectivity index (χ3n) is 1.99. The van der Waals surface area contributed by atoms with Gasteiger partial charge in [-0.1, -0.05) is 13.8 Å². The Kier molecular flexibility index (Phi) is 4.71. The Morgan fingerprint density at radius 3 is 2.00 bits per heavy atom. The molecule has 0 saturated heterocycles. The van der Waals surface area contributed by atoms with E-state index in [1.165, 1.54) is 0 Å². The molecular weight excluding hydrogens is 150 g/mol. The molecule has 0 aromatic heterocycles. The van der Waals surface area contributed by atoms with Crippen molar-refractivity contribution >= 4 is 5.96 Å². The van der Waals surface area contributed by atoms with Gasteiger partial charge in [-0.2, -0.15) is 0 Å². The van der Waals surface area contributed by atoms with E-state index in [9.17, 15) is 0 Å². The summed E-state index contributed by atoms with van der Waals surface area (Å²) < 4.78 is 0. The van der Waals surface area contributed by atoms with Crippen LogP contribution in [-0.2, 0) is 0 Å². The Morgan fingerprint density at radius 1 is 1.25 bits per heavy atom. The Bertz CT molecular complexity index is 150. The summed E-state index contributed by atoms with van der Waals surface area (Å²) in [6.07, 6.45) is 0. The highest BCUT2D eigenvalue weighted by Gasteiger charge is 2.09. The second-order valence-electron chi connectivity index (χ2n) is 3.62. The molecular formula is C9H21N3. The van der Waals surface area contributed by atoms with Crippen LogP contribution < -0.4 is 5.32 Å². The molecule has 3 nitrogen and oxygen atoms in total. The van der Waals surface area contributed by atoms with Crippen LogP contribution in [-0.4, -0.2) is 38.0 Å². The second-order valence-corrected chi connectivity index (χ2v) is 3.62. The zero-order chi connectivity index (χ0) is 9.72. The van der Waals surface area contributed by atoms with Gasteiger partial charge < -0.3 is 10.2 Å². The zero-order valence-electron chi connectivity index (χ0n) is 9.05. The maximum Gasteiger partial charge on any atom is 0.193 e.